The van der Waals surface area contributed by atoms with Crippen molar-refractivity contribution in [2.45, 2.75) is 13.3 Å². The highest BCUT2D eigenvalue weighted by atomic mass is 79.9. The molecule has 2 rings (SSSR count). The molecular formula is C18H15BrFNO2. The first kappa shape index (κ1) is 17.2. The predicted molar refractivity (Wildman–Crippen MR) is 93.1 cm³/mol. The van der Waals surface area contributed by atoms with Crippen LogP contribution in [-0.4, -0.2) is 23.8 Å². The van der Waals surface area contributed by atoms with Gasteiger partial charge in [-0.1, -0.05) is 40.2 Å². The second-order valence-corrected chi connectivity index (χ2v) is 5.77. The van der Waals surface area contributed by atoms with Gasteiger partial charge in [-0.15, -0.1) is 0 Å². The summed E-state index contributed by atoms with van der Waals surface area (Å²) in [5, 5.41) is 0. The molecule has 1 aromatic rings. The Balaban J connectivity index is 2.25. The number of hydrogen-bond acceptors (Lipinski definition) is 3. The summed E-state index contributed by atoms with van der Waals surface area (Å²) in [5.74, 6) is -1.11. The highest BCUT2D eigenvalue weighted by Crippen LogP contribution is 2.19. The van der Waals surface area contributed by atoms with Gasteiger partial charge in [0.25, 0.3) is 0 Å². The van der Waals surface area contributed by atoms with Crippen LogP contribution in [0.5, 0.6) is 0 Å². The molecule has 0 N–H and O–H groups in total. The second kappa shape index (κ2) is 7.92. The maximum absolute atomic E-state index is 12.9. The molecule has 5 heteroatoms. The van der Waals surface area contributed by atoms with Crippen molar-refractivity contribution in [3.63, 3.8) is 0 Å². The van der Waals surface area contributed by atoms with Gasteiger partial charge in [0.1, 0.15) is 5.82 Å². The lowest BCUT2D eigenvalue weighted by Crippen LogP contribution is -2.20. The minimum atomic E-state index is -0.407. The SMILES string of the molecule is CCN=C1CC=C(Br)C=C(C(=O)/C=C/c2ccc(F)cc2)C1=O. The molecule has 0 radical (unpaired) electrons. The summed E-state index contributed by atoms with van der Waals surface area (Å²) in [7, 11) is 0. The van der Waals surface area contributed by atoms with Crippen LogP contribution in [0.3, 0.4) is 0 Å². The van der Waals surface area contributed by atoms with E-state index in [4.69, 9.17) is 0 Å². The van der Waals surface area contributed by atoms with Crippen molar-refractivity contribution >= 4 is 39.3 Å². The highest BCUT2D eigenvalue weighted by Gasteiger charge is 2.23. The van der Waals surface area contributed by atoms with Crippen molar-refractivity contribution in [3.8, 4) is 0 Å². The van der Waals surface area contributed by atoms with E-state index in [9.17, 15) is 14.0 Å². The first-order valence-electron chi connectivity index (χ1n) is 7.14. The number of carbonyl (C=O) groups is 2. The molecule has 23 heavy (non-hydrogen) atoms. The minimum absolute atomic E-state index is 0.0659. The normalized spacial score (nSPS) is 17.2. The maximum Gasteiger partial charge on any atom is 0.211 e. The number of benzene rings is 1. The zero-order chi connectivity index (χ0) is 16.8. The number of hydrogen-bond donors (Lipinski definition) is 0. The first-order chi connectivity index (χ1) is 11.0. The average Bonchev–Trinajstić information content (AvgIpc) is 2.68. The van der Waals surface area contributed by atoms with E-state index >= 15 is 0 Å². The monoisotopic (exact) mass is 375 g/mol. The number of ketones is 2. The number of carbonyl (C=O) groups excluding carboxylic acids is 2. The average molecular weight is 376 g/mol. The van der Waals surface area contributed by atoms with E-state index in [-0.39, 0.29) is 17.2 Å². The van der Waals surface area contributed by atoms with E-state index in [0.717, 1.165) is 0 Å². The summed E-state index contributed by atoms with van der Waals surface area (Å²) >= 11 is 3.32. The smallest absolute Gasteiger partial charge is 0.211 e. The molecular weight excluding hydrogens is 361 g/mol. The number of rotatable bonds is 4. The minimum Gasteiger partial charge on any atom is -0.289 e. The summed E-state index contributed by atoms with van der Waals surface area (Å²) < 4.78 is 13.5. The second-order valence-electron chi connectivity index (χ2n) is 4.85. The lowest BCUT2D eigenvalue weighted by Gasteiger charge is -2.03. The number of allylic oxidation sites excluding steroid dienone is 5. The third-order valence-electron chi connectivity index (χ3n) is 3.19. The highest BCUT2D eigenvalue weighted by molar-refractivity contribution is 9.11. The van der Waals surface area contributed by atoms with Crippen LogP contribution in [0.1, 0.15) is 18.9 Å². The summed E-state index contributed by atoms with van der Waals surface area (Å²) in [6.07, 6.45) is 6.57. The van der Waals surface area contributed by atoms with Crippen LogP contribution in [-0.2, 0) is 9.59 Å². The Morgan fingerprint density at radius 3 is 2.70 bits per heavy atom. The molecule has 0 saturated carbocycles. The van der Waals surface area contributed by atoms with Gasteiger partial charge in [0.15, 0.2) is 5.78 Å². The fourth-order valence-corrected chi connectivity index (χ4v) is 2.44. The Bertz CT molecular complexity index is 743. The number of halogens is 2. The summed E-state index contributed by atoms with van der Waals surface area (Å²) in [6.45, 7) is 2.32. The molecule has 0 unspecified atom stereocenters. The van der Waals surface area contributed by atoms with Gasteiger partial charge in [-0.3, -0.25) is 14.6 Å². The standard InChI is InChI=1S/C18H15BrFNO2/c1-2-21-16-9-6-13(19)11-15(18(16)23)17(22)10-5-12-3-7-14(20)8-4-12/h3-8,10-11H,2,9H2,1H3/b10-5+,21-16?. The van der Waals surface area contributed by atoms with Crippen molar-refractivity contribution in [2.75, 3.05) is 6.54 Å². The van der Waals surface area contributed by atoms with Crippen LogP contribution in [0.15, 0.2) is 57.5 Å². The van der Waals surface area contributed by atoms with E-state index in [2.05, 4.69) is 20.9 Å². The van der Waals surface area contributed by atoms with E-state index in [1.165, 1.54) is 24.3 Å². The third-order valence-corrected chi connectivity index (χ3v) is 3.74. The zero-order valence-electron chi connectivity index (χ0n) is 12.6. The fourth-order valence-electron chi connectivity index (χ4n) is 2.05. The van der Waals surface area contributed by atoms with Crippen LogP contribution in [0.25, 0.3) is 6.08 Å². The Labute approximate surface area is 142 Å². The number of nitrogens with zero attached hydrogens (tertiary/aromatic N) is 1. The molecule has 0 saturated heterocycles. The quantitative estimate of drug-likeness (QED) is 0.588. The summed E-state index contributed by atoms with van der Waals surface area (Å²) in [4.78, 5) is 28.9. The molecule has 0 aliphatic heterocycles. The molecule has 0 amide bonds. The predicted octanol–water partition coefficient (Wildman–Crippen LogP) is 4.05. The fraction of sp³-hybridized carbons (Fsp3) is 0.167. The van der Waals surface area contributed by atoms with Crippen LogP contribution in [0.2, 0.25) is 0 Å². The van der Waals surface area contributed by atoms with Gasteiger partial charge in [-0.2, -0.15) is 0 Å². The Morgan fingerprint density at radius 1 is 1.35 bits per heavy atom. The molecule has 0 spiro atoms. The molecule has 1 aromatic carbocycles. The van der Waals surface area contributed by atoms with Gasteiger partial charge in [-0.25, -0.2) is 4.39 Å². The lowest BCUT2D eigenvalue weighted by atomic mass is 10.0. The Hall–Kier alpha value is -2.14. The van der Waals surface area contributed by atoms with Crippen molar-refractivity contribution in [2.24, 2.45) is 4.99 Å². The largest absolute Gasteiger partial charge is 0.289 e. The van der Waals surface area contributed by atoms with Crippen molar-refractivity contribution in [1.29, 1.82) is 0 Å². The Morgan fingerprint density at radius 2 is 2.04 bits per heavy atom. The molecule has 0 atom stereocenters. The van der Waals surface area contributed by atoms with Crippen LogP contribution in [0.4, 0.5) is 4.39 Å². The van der Waals surface area contributed by atoms with Gasteiger partial charge in [0.05, 0.1) is 11.3 Å². The molecule has 0 aromatic heterocycles. The molecule has 0 bridgehead atoms. The topological polar surface area (TPSA) is 46.5 Å². The van der Waals surface area contributed by atoms with E-state index < -0.39 is 5.78 Å². The molecule has 1 aliphatic rings. The molecule has 118 valence electrons. The molecule has 0 fully saturated rings. The van der Waals surface area contributed by atoms with Crippen LogP contribution < -0.4 is 0 Å². The molecule has 1 aliphatic carbocycles. The van der Waals surface area contributed by atoms with Gasteiger partial charge in [0.2, 0.25) is 5.78 Å². The van der Waals surface area contributed by atoms with Gasteiger partial charge >= 0.3 is 0 Å². The zero-order valence-corrected chi connectivity index (χ0v) is 14.1. The first-order valence-corrected chi connectivity index (χ1v) is 7.94. The summed E-state index contributed by atoms with van der Waals surface area (Å²) in [6, 6.07) is 5.74. The lowest BCUT2D eigenvalue weighted by molar-refractivity contribution is -0.116. The third kappa shape index (κ3) is 4.66. The Kier molecular flexibility index (Phi) is 5.93. The van der Waals surface area contributed by atoms with Gasteiger partial charge in [-0.05, 0) is 36.8 Å². The number of Topliss-reactive ketones (excluding diaryl/α,β-unsaturated/α-hetero) is 1. The molecule has 3 nitrogen and oxygen atoms in total. The van der Waals surface area contributed by atoms with Crippen molar-refractivity contribution < 1.29 is 14.0 Å². The number of aliphatic imine (C=N–C) groups is 1. The van der Waals surface area contributed by atoms with Crippen LogP contribution in [0, 0.1) is 5.82 Å². The van der Waals surface area contributed by atoms with Crippen molar-refractivity contribution in [3.05, 3.63) is 63.9 Å². The van der Waals surface area contributed by atoms with Crippen molar-refractivity contribution in [1.82, 2.24) is 0 Å². The van der Waals surface area contributed by atoms with Crippen LogP contribution >= 0.6 is 15.9 Å². The maximum atomic E-state index is 12.9. The molecule has 0 heterocycles. The summed E-state index contributed by atoms with van der Waals surface area (Å²) in [5.41, 5.74) is 1.12. The van der Waals surface area contributed by atoms with E-state index in [1.807, 2.05) is 6.92 Å². The van der Waals surface area contributed by atoms with E-state index in [0.29, 0.717) is 28.7 Å². The van der Waals surface area contributed by atoms with E-state index in [1.54, 1.807) is 24.3 Å². The van der Waals surface area contributed by atoms with Gasteiger partial charge in [0, 0.05) is 17.4 Å². The van der Waals surface area contributed by atoms with Gasteiger partial charge < -0.3 is 0 Å².